The van der Waals surface area contributed by atoms with Crippen molar-refractivity contribution < 1.29 is 4.79 Å². The van der Waals surface area contributed by atoms with E-state index < -0.39 is 0 Å². The fourth-order valence-electron chi connectivity index (χ4n) is 3.54. The zero-order chi connectivity index (χ0) is 13.7. The fourth-order valence-corrected chi connectivity index (χ4v) is 3.54. The number of piperidine rings is 1. The van der Waals surface area contributed by atoms with E-state index in [0.717, 1.165) is 38.4 Å². The molecule has 0 radical (unpaired) electrons. The number of nitrogens with two attached hydrogens (primary N) is 1. The van der Waals surface area contributed by atoms with Gasteiger partial charge in [0.15, 0.2) is 0 Å². The Labute approximate surface area is 117 Å². The molecule has 4 nitrogen and oxygen atoms in total. The van der Waals surface area contributed by atoms with Crippen molar-refractivity contribution in [1.82, 2.24) is 10.2 Å². The second kappa shape index (κ2) is 7.25. The first-order valence-corrected chi connectivity index (χ1v) is 7.98. The second-order valence-corrected chi connectivity index (χ2v) is 6.15. The highest BCUT2D eigenvalue weighted by molar-refractivity contribution is 5.78. The Morgan fingerprint density at radius 2 is 2.16 bits per heavy atom. The third-order valence-electron chi connectivity index (χ3n) is 4.76. The van der Waals surface area contributed by atoms with Gasteiger partial charge in [0.05, 0.1) is 0 Å². The average Bonchev–Trinajstić information content (AvgIpc) is 2.86. The molecule has 1 heterocycles. The van der Waals surface area contributed by atoms with Gasteiger partial charge in [0.1, 0.15) is 0 Å². The summed E-state index contributed by atoms with van der Waals surface area (Å²) in [5, 5.41) is 3.10. The van der Waals surface area contributed by atoms with Crippen molar-refractivity contribution in [1.29, 1.82) is 0 Å². The lowest BCUT2D eigenvalue weighted by atomic mass is 10.0. The van der Waals surface area contributed by atoms with Crippen LogP contribution in [0.4, 0.5) is 0 Å². The van der Waals surface area contributed by atoms with Crippen LogP contribution in [0.1, 0.15) is 51.9 Å². The zero-order valence-corrected chi connectivity index (χ0v) is 12.2. The highest BCUT2D eigenvalue weighted by atomic mass is 16.1. The highest BCUT2D eigenvalue weighted by Gasteiger charge is 2.27. The predicted molar refractivity (Wildman–Crippen MR) is 77.8 cm³/mol. The minimum Gasteiger partial charge on any atom is -0.355 e. The summed E-state index contributed by atoms with van der Waals surface area (Å²) in [6.07, 6.45) is 8.06. The van der Waals surface area contributed by atoms with Crippen molar-refractivity contribution in [2.45, 2.75) is 64.0 Å². The van der Waals surface area contributed by atoms with E-state index in [2.05, 4.69) is 17.1 Å². The normalized spacial score (nSPS) is 32.4. The van der Waals surface area contributed by atoms with E-state index in [0.29, 0.717) is 0 Å². The van der Waals surface area contributed by atoms with Crippen LogP contribution in [0.3, 0.4) is 0 Å². The van der Waals surface area contributed by atoms with Crippen molar-refractivity contribution in [2.24, 2.45) is 11.7 Å². The molecule has 0 aromatic rings. The number of hydrogen-bond donors (Lipinski definition) is 2. The smallest absolute Gasteiger partial charge is 0.223 e. The number of carbonyl (C=O) groups excluding carboxylic acids is 1. The molecule has 3 unspecified atom stereocenters. The summed E-state index contributed by atoms with van der Waals surface area (Å²) < 4.78 is 0. The lowest BCUT2D eigenvalue weighted by Gasteiger charge is -2.35. The molecule has 0 aromatic carbocycles. The largest absolute Gasteiger partial charge is 0.355 e. The molecule has 0 spiro atoms. The van der Waals surface area contributed by atoms with Crippen LogP contribution in [0, 0.1) is 5.92 Å². The van der Waals surface area contributed by atoms with Gasteiger partial charge in [-0.1, -0.05) is 13.3 Å². The van der Waals surface area contributed by atoms with Crippen molar-refractivity contribution >= 4 is 5.91 Å². The summed E-state index contributed by atoms with van der Waals surface area (Å²) in [5.41, 5.74) is 5.86. The van der Waals surface area contributed by atoms with Crippen LogP contribution in [-0.2, 0) is 4.79 Å². The highest BCUT2D eigenvalue weighted by Crippen LogP contribution is 2.24. The molecule has 110 valence electrons. The molecule has 1 saturated carbocycles. The van der Waals surface area contributed by atoms with Crippen molar-refractivity contribution in [2.75, 3.05) is 19.6 Å². The third-order valence-corrected chi connectivity index (χ3v) is 4.76. The topological polar surface area (TPSA) is 58.4 Å². The Morgan fingerprint density at radius 1 is 1.32 bits per heavy atom. The molecule has 0 bridgehead atoms. The Balaban J connectivity index is 1.66. The molecule has 1 aliphatic carbocycles. The number of nitrogens with zero attached hydrogens (tertiary/aromatic N) is 1. The molecule has 1 aliphatic heterocycles. The van der Waals surface area contributed by atoms with Crippen LogP contribution in [0.15, 0.2) is 0 Å². The average molecular weight is 267 g/mol. The minimum absolute atomic E-state index is 0.165. The maximum Gasteiger partial charge on any atom is 0.223 e. The van der Waals surface area contributed by atoms with Crippen LogP contribution in [0.5, 0.6) is 0 Å². The maximum atomic E-state index is 12.0. The van der Waals surface area contributed by atoms with Gasteiger partial charge < -0.3 is 11.1 Å². The van der Waals surface area contributed by atoms with Gasteiger partial charge in [-0.05, 0) is 45.1 Å². The third kappa shape index (κ3) is 4.18. The number of rotatable bonds is 5. The van der Waals surface area contributed by atoms with Crippen molar-refractivity contribution in [3.8, 4) is 0 Å². The molecule has 1 saturated heterocycles. The molecule has 0 aromatic heterocycles. The van der Waals surface area contributed by atoms with Crippen LogP contribution in [-0.4, -0.2) is 42.5 Å². The van der Waals surface area contributed by atoms with E-state index in [4.69, 9.17) is 5.73 Å². The van der Waals surface area contributed by atoms with Gasteiger partial charge >= 0.3 is 0 Å². The lowest BCUT2D eigenvalue weighted by Crippen LogP contribution is -2.44. The molecule has 2 fully saturated rings. The van der Waals surface area contributed by atoms with E-state index in [1.54, 1.807) is 0 Å². The van der Waals surface area contributed by atoms with Crippen LogP contribution < -0.4 is 11.1 Å². The molecule has 19 heavy (non-hydrogen) atoms. The number of carbonyl (C=O) groups is 1. The Morgan fingerprint density at radius 3 is 2.84 bits per heavy atom. The molecular weight excluding hydrogens is 238 g/mol. The molecule has 2 rings (SSSR count). The van der Waals surface area contributed by atoms with Gasteiger partial charge in [-0.2, -0.15) is 0 Å². The molecule has 3 N–H and O–H groups in total. The molecule has 1 amide bonds. The Bertz CT molecular complexity index is 295. The van der Waals surface area contributed by atoms with Gasteiger partial charge in [0, 0.05) is 31.1 Å². The number of hydrogen-bond acceptors (Lipinski definition) is 3. The quantitative estimate of drug-likeness (QED) is 0.793. The van der Waals surface area contributed by atoms with Crippen LogP contribution >= 0.6 is 0 Å². The molecule has 4 heteroatoms. The first-order chi connectivity index (χ1) is 9.20. The van der Waals surface area contributed by atoms with E-state index in [1.165, 1.54) is 32.2 Å². The first-order valence-electron chi connectivity index (χ1n) is 7.98. The summed E-state index contributed by atoms with van der Waals surface area (Å²) in [4.78, 5) is 14.5. The SMILES string of the molecule is CCC1CCCCN1CCNC(=O)C1CCC(N)C1. The van der Waals surface area contributed by atoms with E-state index in [1.807, 2.05) is 0 Å². The number of amides is 1. The van der Waals surface area contributed by atoms with Crippen molar-refractivity contribution in [3.05, 3.63) is 0 Å². The van der Waals surface area contributed by atoms with E-state index in [-0.39, 0.29) is 17.9 Å². The molecule has 3 atom stereocenters. The Hall–Kier alpha value is -0.610. The van der Waals surface area contributed by atoms with Crippen LogP contribution in [0.25, 0.3) is 0 Å². The van der Waals surface area contributed by atoms with E-state index in [9.17, 15) is 4.79 Å². The predicted octanol–water partition coefficient (Wildman–Crippen LogP) is 1.49. The number of likely N-dealkylation sites (tertiary alicyclic amines) is 1. The van der Waals surface area contributed by atoms with Gasteiger partial charge in [0.2, 0.25) is 5.91 Å². The van der Waals surface area contributed by atoms with Crippen molar-refractivity contribution in [3.63, 3.8) is 0 Å². The standard InChI is InChI=1S/C15H29N3O/c1-2-14-5-3-4-9-18(14)10-8-17-15(19)12-6-7-13(16)11-12/h12-14H,2-11,16H2,1H3,(H,17,19). The summed E-state index contributed by atoms with van der Waals surface area (Å²) >= 11 is 0. The van der Waals surface area contributed by atoms with E-state index >= 15 is 0 Å². The molecular formula is C15H29N3O. The Kier molecular flexibility index (Phi) is 5.64. The second-order valence-electron chi connectivity index (χ2n) is 6.15. The monoisotopic (exact) mass is 267 g/mol. The van der Waals surface area contributed by atoms with Gasteiger partial charge in [-0.15, -0.1) is 0 Å². The fraction of sp³-hybridized carbons (Fsp3) is 0.933. The summed E-state index contributed by atoms with van der Waals surface area (Å²) in [6, 6.07) is 0.966. The number of nitrogens with one attached hydrogen (secondary N) is 1. The summed E-state index contributed by atoms with van der Waals surface area (Å²) in [7, 11) is 0. The van der Waals surface area contributed by atoms with Gasteiger partial charge in [-0.25, -0.2) is 0 Å². The van der Waals surface area contributed by atoms with Crippen LogP contribution in [0.2, 0.25) is 0 Å². The summed E-state index contributed by atoms with van der Waals surface area (Å²) in [5.74, 6) is 0.385. The lowest BCUT2D eigenvalue weighted by molar-refractivity contribution is -0.124. The first kappa shape index (κ1) is 14.8. The zero-order valence-electron chi connectivity index (χ0n) is 12.2. The van der Waals surface area contributed by atoms with Gasteiger partial charge in [0.25, 0.3) is 0 Å². The van der Waals surface area contributed by atoms with Gasteiger partial charge in [-0.3, -0.25) is 9.69 Å². The minimum atomic E-state index is 0.165. The summed E-state index contributed by atoms with van der Waals surface area (Å²) in [6.45, 7) is 5.26. The molecule has 2 aliphatic rings. The maximum absolute atomic E-state index is 12.0.